The number of carbonyl (C=O) groups excluding carboxylic acids is 1. The Hall–Kier alpha value is -1.31. The number of primary amides is 1. The van der Waals surface area contributed by atoms with Crippen molar-refractivity contribution in [3.8, 4) is 0 Å². The molecule has 1 aromatic carbocycles. The van der Waals surface area contributed by atoms with Crippen molar-refractivity contribution in [2.45, 2.75) is 23.8 Å². The second kappa shape index (κ2) is 4.99. The maximum absolute atomic E-state index is 12.5. The van der Waals surface area contributed by atoms with Crippen LogP contribution in [-0.2, 0) is 14.8 Å². The van der Waals surface area contributed by atoms with Crippen LogP contribution in [0, 0.1) is 0 Å². The molecule has 8 heteroatoms. The number of halogens is 1. The number of nitrogens with two attached hydrogens (primary N) is 2. The number of hydrogen-bond donors (Lipinski definition) is 2. The molecule has 1 fully saturated rings. The second-order valence-corrected chi connectivity index (χ2v) is 6.63. The van der Waals surface area contributed by atoms with E-state index >= 15 is 0 Å². The highest BCUT2D eigenvalue weighted by Crippen LogP contribution is 2.31. The van der Waals surface area contributed by atoms with Crippen LogP contribution in [-0.4, -0.2) is 31.2 Å². The van der Waals surface area contributed by atoms with Gasteiger partial charge in [-0.15, -0.1) is 0 Å². The molecule has 1 atom stereocenters. The first kappa shape index (κ1) is 14.1. The van der Waals surface area contributed by atoms with Gasteiger partial charge in [-0.05, 0) is 31.0 Å². The first-order valence-electron chi connectivity index (χ1n) is 5.70. The number of rotatable bonds is 3. The van der Waals surface area contributed by atoms with E-state index in [4.69, 9.17) is 23.1 Å². The van der Waals surface area contributed by atoms with E-state index in [1.807, 2.05) is 0 Å². The van der Waals surface area contributed by atoms with Gasteiger partial charge in [-0.2, -0.15) is 4.31 Å². The standard InChI is InChI=1S/C11H14ClN3O3S/c12-8-6-7(13)3-4-10(8)19(17,18)15-5-1-2-9(15)11(14)16/h3-4,6,9H,1-2,5,13H2,(H2,14,16). The summed E-state index contributed by atoms with van der Waals surface area (Å²) in [5, 5.41) is 0.0371. The van der Waals surface area contributed by atoms with E-state index in [2.05, 4.69) is 0 Å². The zero-order valence-electron chi connectivity index (χ0n) is 10.0. The van der Waals surface area contributed by atoms with E-state index in [1.165, 1.54) is 18.2 Å². The number of benzene rings is 1. The largest absolute Gasteiger partial charge is 0.399 e. The molecule has 1 aliphatic rings. The lowest BCUT2D eigenvalue weighted by Crippen LogP contribution is -2.43. The fourth-order valence-electron chi connectivity index (χ4n) is 2.16. The van der Waals surface area contributed by atoms with Gasteiger partial charge in [0.05, 0.1) is 5.02 Å². The second-order valence-electron chi connectivity index (χ2n) is 4.37. The molecule has 0 aromatic heterocycles. The summed E-state index contributed by atoms with van der Waals surface area (Å²) >= 11 is 5.92. The lowest BCUT2D eigenvalue weighted by atomic mass is 10.2. The molecule has 1 saturated heterocycles. The van der Waals surface area contributed by atoms with Crippen molar-refractivity contribution in [3.63, 3.8) is 0 Å². The van der Waals surface area contributed by atoms with Crippen molar-refractivity contribution in [1.29, 1.82) is 0 Å². The summed E-state index contributed by atoms with van der Waals surface area (Å²) in [6.45, 7) is 0.261. The maximum atomic E-state index is 12.5. The van der Waals surface area contributed by atoms with Crippen LogP contribution in [0.15, 0.2) is 23.1 Å². The van der Waals surface area contributed by atoms with Crippen LogP contribution in [0.4, 0.5) is 5.69 Å². The number of anilines is 1. The van der Waals surface area contributed by atoms with Crippen molar-refractivity contribution in [2.24, 2.45) is 5.73 Å². The van der Waals surface area contributed by atoms with Crippen LogP contribution in [0.3, 0.4) is 0 Å². The van der Waals surface area contributed by atoms with Gasteiger partial charge in [0.15, 0.2) is 0 Å². The van der Waals surface area contributed by atoms with Crippen LogP contribution < -0.4 is 11.5 Å². The number of nitrogen functional groups attached to an aromatic ring is 1. The third kappa shape index (κ3) is 2.54. The Kier molecular flexibility index (Phi) is 3.71. The van der Waals surface area contributed by atoms with Gasteiger partial charge in [0.1, 0.15) is 10.9 Å². The Labute approximate surface area is 116 Å². The predicted octanol–water partition coefficient (Wildman–Crippen LogP) is 0.561. The van der Waals surface area contributed by atoms with E-state index in [9.17, 15) is 13.2 Å². The highest BCUT2D eigenvalue weighted by molar-refractivity contribution is 7.89. The third-order valence-electron chi connectivity index (χ3n) is 3.07. The Bertz CT molecular complexity index is 618. The molecule has 0 radical (unpaired) electrons. The van der Waals surface area contributed by atoms with Gasteiger partial charge in [0.2, 0.25) is 15.9 Å². The van der Waals surface area contributed by atoms with Crippen LogP contribution in [0.25, 0.3) is 0 Å². The Balaban J connectivity index is 2.45. The van der Waals surface area contributed by atoms with Crippen LogP contribution in [0.2, 0.25) is 5.02 Å². The molecular weight excluding hydrogens is 290 g/mol. The number of carbonyl (C=O) groups is 1. The van der Waals surface area contributed by atoms with E-state index in [-0.39, 0.29) is 16.5 Å². The Morgan fingerprint density at radius 1 is 1.42 bits per heavy atom. The van der Waals surface area contributed by atoms with Gasteiger partial charge in [-0.1, -0.05) is 11.6 Å². The van der Waals surface area contributed by atoms with Crippen molar-refractivity contribution in [2.75, 3.05) is 12.3 Å². The smallest absolute Gasteiger partial charge is 0.245 e. The average molecular weight is 304 g/mol. The lowest BCUT2D eigenvalue weighted by molar-refractivity contribution is -0.121. The fourth-order valence-corrected chi connectivity index (χ4v) is 4.36. The van der Waals surface area contributed by atoms with Gasteiger partial charge >= 0.3 is 0 Å². The number of sulfonamides is 1. The minimum atomic E-state index is -3.84. The molecule has 0 saturated carbocycles. The molecule has 1 aliphatic heterocycles. The first-order chi connectivity index (χ1) is 8.84. The minimum Gasteiger partial charge on any atom is -0.399 e. The van der Waals surface area contributed by atoms with Crippen molar-refractivity contribution < 1.29 is 13.2 Å². The quantitative estimate of drug-likeness (QED) is 0.796. The first-order valence-corrected chi connectivity index (χ1v) is 7.52. The van der Waals surface area contributed by atoms with Gasteiger partial charge in [-0.3, -0.25) is 4.79 Å². The number of hydrogen-bond acceptors (Lipinski definition) is 4. The lowest BCUT2D eigenvalue weighted by Gasteiger charge is -2.22. The fraction of sp³-hybridized carbons (Fsp3) is 0.364. The summed E-state index contributed by atoms with van der Waals surface area (Å²) in [5.41, 5.74) is 11.1. The molecule has 0 spiro atoms. The van der Waals surface area contributed by atoms with E-state index in [0.29, 0.717) is 18.5 Å². The van der Waals surface area contributed by atoms with Crippen LogP contribution in [0.1, 0.15) is 12.8 Å². The van der Waals surface area contributed by atoms with Crippen molar-refractivity contribution >= 4 is 33.2 Å². The topological polar surface area (TPSA) is 106 Å². The molecular formula is C11H14ClN3O3S. The van der Waals surface area contributed by atoms with Gasteiger partial charge in [0.25, 0.3) is 0 Å². The molecule has 19 heavy (non-hydrogen) atoms. The third-order valence-corrected chi connectivity index (χ3v) is 5.47. The summed E-state index contributed by atoms with van der Waals surface area (Å²) in [4.78, 5) is 11.2. The minimum absolute atomic E-state index is 0.0371. The van der Waals surface area contributed by atoms with E-state index in [0.717, 1.165) is 4.31 Å². The molecule has 1 amide bonds. The van der Waals surface area contributed by atoms with Crippen molar-refractivity contribution in [1.82, 2.24) is 4.31 Å². The molecule has 1 aromatic rings. The average Bonchev–Trinajstić information content (AvgIpc) is 2.77. The normalized spacial score (nSPS) is 20.6. The monoisotopic (exact) mass is 303 g/mol. The number of amides is 1. The van der Waals surface area contributed by atoms with E-state index in [1.54, 1.807) is 0 Å². The summed E-state index contributed by atoms with van der Waals surface area (Å²) < 4.78 is 26.1. The molecule has 6 nitrogen and oxygen atoms in total. The molecule has 1 unspecified atom stereocenters. The SMILES string of the molecule is NC(=O)C1CCCN1S(=O)(=O)c1ccc(N)cc1Cl. The molecule has 0 bridgehead atoms. The maximum Gasteiger partial charge on any atom is 0.245 e. The predicted molar refractivity (Wildman–Crippen MR) is 72.0 cm³/mol. The Morgan fingerprint density at radius 3 is 2.68 bits per heavy atom. The molecule has 1 heterocycles. The molecule has 0 aliphatic carbocycles. The van der Waals surface area contributed by atoms with Gasteiger partial charge in [-0.25, -0.2) is 8.42 Å². The summed E-state index contributed by atoms with van der Waals surface area (Å²) in [5.74, 6) is -0.646. The molecule has 104 valence electrons. The summed E-state index contributed by atoms with van der Waals surface area (Å²) in [6.07, 6.45) is 1.03. The van der Waals surface area contributed by atoms with Crippen molar-refractivity contribution in [3.05, 3.63) is 23.2 Å². The number of nitrogens with zero attached hydrogens (tertiary/aromatic N) is 1. The Morgan fingerprint density at radius 2 is 2.11 bits per heavy atom. The highest BCUT2D eigenvalue weighted by atomic mass is 35.5. The van der Waals surface area contributed by atoms with Crippen LogP contribution in [0.5, 0.6) is 0 Å². The summed E-state index contributed by atoms with van der Waals surface area (Å²) in [7, 11) is -3.84. The zero-order valence-corrected chi connectivity index (χ0v) is 11.6. The van der Waals surface area contributed by atoms with Gasteiger partial charge in [0, 0.05) is 12.2 Å². The highest BCUT2D eigenvalue weighted by Gasteiger charge is 2.39. The van der Waals surface area contributed by atoms with Gasteiger partial charge < -0.3 is 11.5 Å². The van der Waals surface area contributed by atoms with Crippen LogP contribution >= 0.6 is 11.6 Å². The molecule has 4 N–H and O–H groups in total. The zero-order chi connectivity index (χ0) is 14.2. The van der Waals surface area contributed by atoms with E-state index < -0.39 is 22.0 Å². The summed E-state index contributed by atoms with van der Waals surface area (Å²) in [6, 6.07) is 3.35. The molecule has 2 rings (SSSR count).